The van der Waals surface area contributed by atoms with Gasteiger partial charge in [-0.1, -0.05) is 62.3 Å². The van der Waals surface area contributed by atoms with Crippen LogP contribution in [0.5, 0.6) is 0 Å². The van der Waals surface area contributed by atoms with Gasteiger partial charge in [0.2, 0.25) is 5.72 Å². The minimum Gasteiger partial charge on any atom is -0.249 e. The topological polar surface area (TPSA) is 30.8 Å². The van der Waals surface area contributed by atoms with E-state index >= 15 is 0 Å². The highest BCUT2D eigenvalue weighted by Crippen LogP contribution is 2.67. The van der Waals surface area contributed by atoms with Gasteiger partial charge in [0.15, 0.2) is 5.60 Å². The van der Waals surface area contributed by atoms with Crippen molar-refractivity contribution in [1.82, 2.24) is 0 Å². The number of fused-ring (bicyclic) bond motifs is 1. The normalized spacial score (nSPS) is 36.4. The number of hydrogen-bond donors (Lipinski definition) is 0. The molecule has 0 N–H and O–H groups in total. The summed E-state index contributed by atoms with van der Waals surface area (Å²) in [6.07, 6.45) is 0. The summed E-state index contributed by atoms with van der Waals surface area (Å²) in [5.74, 6) is 0. The van der Waals surface area contributed by atoms with Crippen LogP contribution in [-0.2, 0) is 9.78 Å². The first-order valence-corrected chi connectivity index (χ1v) is 6.77. The molecule has 2 aliphatic heterocycles. The van der Waals surface area contributed by atoms with Crippen molar-refractivity contribution in [2.45, 2.75) is 73.6 Å². The lowest BCUT2D eigenvalue weighted by Gasteiger charge is -2.71. The van der Waals surface area contributed by atoms with Gasteiger partial charge in [0.25, 0.3) is 0 Å². The van der Waals surface area contributed by atoms with Crippen LogP contribution in [0.15, 0.2) is 4.99 Å². The average molecular weight is 253 g/mol. The van der Waals surface area contributed by atoms with Gasteiger partial charge < -0.3 is 0 Å². The molecule has 2 rings (SSSR count). The van der Waals surface area contributed by atoms with Gasteiger partial charge in [-0.05, 0) is 0 Å². The van der Waals surface area contributed by atoms with Crippen molar-refractivity contribution in [3.8, 4) is 0 Å². The summed E-state index contributed by atoms with van der Waals surface area (Å²) in [4.78, 5) is 16.1. The summed E-state index contributed by atoms with van der Waals surface area (Å²) < 4.78 is 0. The highest BCUT2D eigenvalue weighted by Gasteiger charge is 2.83. The molecule has 2 aliphatic rings. The van der Waals surface area contributed by atoms with Crippen molar-refractivity contribution in [2.24, 2.45) is 21.2 Å². The van der Waals surface area contributed by atoms with Crippen LogP contribution in [0.2, 0.25) is 0 Å². The summed E-state index contributed by atoms with van der Waals surface area (Å²) in [7, 11) is 0. The van der Waals surface area contributed by atoms with Crippen molar-refractivity contribution < 1.29 is 9.78 Å². The van der Waals surface area contributed by atoms with E-state index < -0.39 is 11.3 Å². The minimum absolute atomic E-state index is 0.00576. The van der Waals surface area contributed by atoms with Gasteiger partial charge in [-0.2, -0.15) is 0 Å². The highest BCUT2D eigenvalue weighted by atomic mass is 17.3. The summed E-state index contributed by atoms with van der Waals surface area (Å²) >= 11 is 0. The zero-order valence-electron chi connectivity index (χ0n) is 13.3. The quantitative estimate of drug-likeness (QED) is 0.611. The number of rotatable bonds is 0. The van der Waals surface area contributed by atoms with E-state index in [1.165, 1.54) is 0 Å². The predicted octanol–water partition coefficient (Wildman–Crippen LogP) is 3.98. The van der Waals surface area contributed by atoms with Gasteiger partial charge in [-0.3, -0.25) is 0 Å². The van der Waals surface area contributed by atoms with E-state index in [9.17, 15) is 0 Å². The summed E-state index contributed by atoms with van der Waals surface area (Å²) in [6, 6.07) is 0. The molecular formula is C15H27NO2. The lowest BCUT2D eigenvalue weighted by atomic mass is 9.52. The molecule has 0 radical (unpaired) electrons. The fraction of sp³-hybridized carbons (Fsp3) is 0.933. The first-order chi connectivity index (χ1) is 7.80. The number of nitrogens with zero attached hydrogens (tertiary/aromatic N) is 1. The van der Waals surface area contributed by atoms with Crippen molar-refractivity contribution >= 4 is 5.71 Å². The Morgan fingerprint density at radius 1 is 0.778 bits per heavy atom. The molecule has 104 valence electrons. The Balaban J connectivity index is 2.59. The van der Waals surface area contributed by atoms with Gasteiger partial charge in [0, 0.05) is 16.2 Å². The van der Waals surface area contributed by atoms with E-state index in [4.69, 9.17) is 14.8 Å². The van der Waals surface area contributed by atoms with Crippen LogP contribution in [0.4, 0.5) is 0 Å². The van der Waals surface area contributed by atoms with Crippen LogP contribution in [0.1, 0.15) is 62.3 Å². The molecule has 0 aliphatic carbocycles. The van der Waals surface area contributed by atoms with Crippen molar-refractivity contribution in [3.63, 3.8) is 0 Å². The van der Waals surface area contributed by atoms with Crippen LogP contribution in [0, 0.1) is 16.2 Å². The standard InChI is InChI=1S/C15H27NO2/c1-11(2,3)10-14(12(4,5)6)15(16-10,18-17-14)13(7,8)9/h1-9H3. The Morgan fingerprint density at radius 2 is 1.28 bits per heavy atom. The van der Waals surface area contributed by atoms with E-state index in [-0.39, 0.29) is 16.2 Å². The average Bonchev–Trinajstić information content (AvgIpc) is 2.02. The third-order valence-corrected chi connectivity index (χ3v) is 4.15. The largest absolute Gasteiger partial charge is 0.249 e. The molecule has 3 nitrogen and oxygen atoms in total. The molecule has 3 heteroatoms. The van der Waals surface area contributed by atoms with E-state index in [2.05, 4.69) is 62.3 Å². The van der Waals surface area contributed by atoms with Crippen LogP contribution in [0.25, 0.3) is 0 Å². The highest BCUT2D eigenvalue weighted by molar-refractivity contribution is 6.04. The van der Waals surface area contributed by atoms with Gasteiger partial charge in [0.1, 0.15) is 0 Å². The smallest absolute Gasteiger partial charge is 0.235 e. The fourth-order valence-electron chi connectivity index (χ4n) is 3.19. The molecule has 18 heavy (non-hydrogen) atoms. The second kappa shape index (κ2) is 3.18. The molecule has 2 heterocycles. The van der Waals surface area contributed by atoms with Crippen LogP contribution < -0.4 is 0 Å². The second-order valence-electron chi connectivity index (χ2n) is 8.70. The van der Waals surface area contributed by atoms with Crippen LogP contribution >= 0.6 is 0 Å². The summed E-state index contributed by atoms with van der Waals surface area (Å²) in [6.45, 7) is 19.7. The van der Waals surface area contributed by atoms with E-state index in [1.807, 2.05) is 0 Å². The molecule has 0 bridgehead atoms. The Kier molecular flexibility index (Phi) is 2.48. The Hall–Kier alpha value is -0.410. The SMILES string of the molecule is CC(C)(C)C1=NC2(C(C)(C)C)OOC12C(C)(C)C. The molecule has 0 aromatic rings. The Labute approximate surface area is 111 Å². The second-order valence-corrected chi connectivity index (χ2v) is 8.70. The number of aliphatic imine (C=N–C) groups is 1. The molecule has 0 amide bonds. The maximum Gasteiger partial charge on any atom is 0.235 e. The van der Waals surface area contributed by atoms with Crippen molar-refractivity contribution in [3.05, 3.63) is 0 Å². The predicted molar refractivity (Wildman–Crippen MR) is 73.4 cm³/mol. The fourth-order valence-corrected chi connectivity index (χ4v) is 3.19. The van der Waals surface area contributed by atoms with Gasteiger partial charge in [0.05, 0.1) is 5.71 Å². The number of hydrogen-bond acceptors (Lipinski definition) is 3. The molecule has 0 spiro atoms. The minimum atomic E-state index is -0.527. The maximum atomic E-state index is 5.72. The molecular weight excluding hydrogens is 226 g/mol. The molecule has 0 aromatic heterocycles. The van der Waals surface area contributed by atoms with Crippen LogP contribution in [-0.4, -0.2) is 17.0 Å². The summed E-state index contributed by atoms with van der Waals surface area (Å²) in [5.41, 5.74) is 0.1000. The monoisotopic (exact) mass is 253 g/mol. The molecule has 0 saturated carbocycles. The lowest BCUT2D eigenvalue weighted by Crippen LogP contribution is -2.86. The molecule has 1 saturated heterocycles. The maximum absolute atomic E-state index is 5.72. The van der Waals surface area contributed by atoms with E-state index in [0.29, 0.717) is 0 Å². The van der Waals surface area contributed by atoms with Crippen LogP contribution in [0.3, 0.4) is 0 Å². The van der Waals surface area contributed by atoms with Crippen molar-refractivity contribution in [2.75, 3.05) is 0 Å². The first kappa shape index (κ1) is 14.0. The third-order valence-electron chi connectivity index (χ3n) is 4.15. The van der Waals surface area contributed by atoms with Gasteiger partial charge in [-0.15, -0.1) is 0 Å². The van der Waals surface area contributed by atoms with Crippen molar-refractivity contribution in [1.29, 1.82) is 0 Å². The zero-order valence-corrected chi connectivity index (χ0v) is 13.3. The van der Waals surface area contributed by atoms with Gasteiger partial charge in [-0.25, -0.2) is 14.8 Å². The van der Waals surface area contributed by atoms with E-state index in [0.717, 1.165) is 5.71 Å². The van der Waals surface area contributed by atoms with E-state index in [1.54, 1.807) is 0 Å². The Bertz CT molecular complexity index is 406. The summed E-state index contributed by atoms with van der Waals surface area (Å²) in [5, 5.41) is 0. The Morgan fingerprint density at radius 3 is 1.50 bits per heavy atom. The molecule has 2 unspecified atom stereocenters. The first-order valence-electron chi connectivity index (χ1n) is 6.77. The lowest BCUT2D eigenvalue weighted by molar-refractivity contribution is -0.580. The third kappa shape index (κ3) is 1.30. The zero-order chi connectivity index (χ0) is 14.2. The molecule has 0 aromatic carbocycles. The van der Waals surface area contributed by atoms with Gasteiger partial charge >= 0.3 is 0 Å². The molecule has 2 atom stereocenters. The molecule has 1 fully saturated rings.